The summed E-state index contributed by atoms with van der Waals surface area (Å²) in [5.41, 5.74) is 7.03. The number of amides is 5. The summed E-state index contributed by atoms with van der Waals surface area (Å²) >= 11 is 0. The van der Waals surface area contributed by atoms with Crippen LogP contribution in [0, 0.1) is 5.92 Å². The van der Waals surface area contributed by atoms with E-state index < -0.39 is 41.8 Å². The van der Waals surface area contributed by atoms with Crippen molar-refractivity contribution in [1.82, 2.24) is 25.8 Å². The van der Waals surface area contributed by atoms with Crippen molar-refractivity contribution in [2.24, 2.45) is 11.7 Å². The fourth-order valence-corrected chi connectivity index (χ4v) is 7.22. The number of carbonyl (C=O) groups excluding carboxylic acids is 5. The highest BCUT2D eigenvalue weighted by Gasteiger charge is 2.45. The van der Waals surface area contributed by atoms with Crippen LogP contribution in [0.2, 0.25) is 0 Å². The third-order valence-electron chi connectivity index (χ3n) is 10.0. The maximum Gasteiger partial charge on any atom is 0.410 e. The van der Waals surface area contributed by atoms with Crippen LogP contribution in [-0.2, 0) is 35.1 Å². The summed E-state index contributed by atoms with van der Waals surface area (Å²) in [6.07, 6.45) is 6.79. The van der Waals surface area contributed by atoms with E-state index in [4.69, 9.17) is 15.2 Å². The van der Waals surface area contributed by atoms with Crippen LogP contribution in [0.3, 0.4) is 0 Å². The standard InChI is InChI=1S/C37H58N6O7/c1-24(42(5)36(48)50-37(2,3)4)33(45)41-32(26-13-7-6-8-14-26)35(47)43-23-27(39-31(44)18-20-49-21-19-38)22-30(43)34(46)40-29-17-11-15-25-12-9-10-16-28(25)29/h9-10,12,16,24,26-27,29-30,32H,6-8,11,13-15,17-23,38H2,1-5H3,(H,39,44)(H,40,46)(H,41,45)/t24-,27-,29+,30-,32-/m0/s1. The number of nitrogens with one attached hydrogen (secondary N) is 3. The Morgan fingerprint density at radius 2 is 1.72 bits per heavy atom. The van der Waals surface area contributed by atoms with Gasteiger partial charge in [-0.3, -0.25) is 24.1 Å². The number of aryl methyl sites for hydroxylation is 1. The number of nitrogens with two attached hydrogens (primary N) is 1. The number of carbonyl (C=O) groups is 5. The normalized spacial score (nSPS) is 22.1. The first-order valence-electron chi connectivity index (χ1n) is 18.3. The van der Waals surface area contributed by atoms with E-state index in [0.29, 0.717) is 13.2 Å². The molecule has 1 saturated heterocycles. The fourth-order valence-electron chi connectivity index (χ4n) is 7.22. The first-order valence-corrected chi connectivity index (χ1v) is 18.3. The van der Waals surface area contributed by atoms with E-state index in [2.05, 4.69) is 22.0 Å². The van der Waals surface area contributed by atoms with Crippen LogP contribution in [0.1, 0.15) is 103 Å². The molecule has 50 heavy (non-hydrogen) atoms. The lowest BCUT2D eigenvalue weighted by atomic mass is 9.83. The van der Waals surface area contributed by atoms with Crippen LogP contribution in [0.15, 0.2) is 24.3 Å². The molecule has 1 saturated carbocycles. The first kappa shape index (κ1) is 39.1. The summed E-state index contributed by atoms with van der Waals surface area (Å²) in [7, 11) is 1.49. The van der Waals surface area contributed by atoms with E-state index in [1.807, 2.05) is 18.2 Å². The van der Waals surface area contributed by atoms with Crippen LogP contribution in [0.4, 0.5) is 4.79 Å². The van der Waals surface area contributed by atoms with E-state index in [9.17, 15) is 24.0 Å². The van der Waals surface area contributed by atoms with Gasteiger partial charge in [0.15, 0.2) is 0 Å². The van der Waals surface area contributed by atoms with Crippen molar-refractivity contribution in [2.75, 3.05) is 33.4 Å². The van der Waals surface area contributed by atoms with E-state index >= 15 is 0 Å². The summed E-state index contributed by atoms with van der Waals surface area (Å²) < 4.78 is 10.8. The Morgan fingerprint density at radius 1 is 1.00 bits per heavy atom. The van der Waals surface area contributed by atoms with Gasteiger partial charge in [0.1, 0.15) is 23.7 Å². The topological polar surface area (TPSA) is 172 Å². The number of hydrogen-bond acceptors (Lipinski definition) is 8. The predicted molar refractivity (Wildman–Crippen MR) is 189 cm³/mol. The zero-order chi connectivity index (χ0) is 36.4. The molecule has 3 aliphatic rings. The Balaban J connectivity index is 1.55. The minimum absolute atomic E-state index is 0.125. The van der Waals surface area contributed by atoms with Gasteiger partial charge >= 0.3 is 6.09 Å². The van der Waals surface area contributed by atoms with E-state index in [-0.39, 0.29) is 55.7 Å². The summed E-state index contributed by atoms with van der Waals surface area (Å²) in [6, 6.07) is 4.78. The third-order valence-corrected chi connectivity index (χ3v) is 10.0. The Kier molecular flexibility index (Phi) is 14.1. The number of nitrogens with zero attached hydrogens (tertiary/aromatic N) is 2. The Morgan fingerprint density at radius 3 is 2.42 bits per heavy atom. The molecule has 2 aliphatic carbocycles. The van der Waals surface area contributed by atoms with Crippen molar-refractivity contribution < 1.29 is 33.4 Å². The molecule has 2 fully saturated rings. The van der Waals surface area contributed by atoms with Crippen LogP contribution in [0.5, 0.6) is 0 Å². The zero-order valence-electron chi connectivity index (χ0n) is 30.5. The van der Waals surface area contributed by atoms with Gasteiger partial charge in [-0.05, 0) is 83.3 Å². The maximum absolute atomic E-state index is 14.7. The maximum atomic E-state index is 14.7. The molecular weight excluding hydrogens is 640 g/mol. The smallest absolute Gasteiger partial charge is 0.410 e. The summed E-state index contributed by atoms with van der Waals surface area (Å²) in [4.78, 5) is 70.9. The Hall–Kier alpha value is -3.71. The molecule has 1 aromatic carbocycles. The van der Waals surface area contributed by atoms with Crippen LogP contribution in [0.25, 0.3) is 0 Å². The van der Waals surface area contributed by atoms with Gasteiger partial charge in [-0.15, -0.1) is 0 Å². The molecule has 1 aromatic rings. The number of ether oxygens (including phenoxy) is 2. The highest BCUT2D eigenvalue weighted by molar-refractivity contribution is 5.94. The first-order chi connectivity index (χ1) is 23.8. The van der Waals surface area contributed by atoms with Gasteiger partial charge in [-0.1, -0.05) is 43.5 Å². The molecule has 13 nitrogen and oxygen atoms in total. The van der Waals surface area contributed by atoms with Gasteiger partial charge in [0.05, 0.1) is 19.3 Å². The molecule has 0 bridgehead atoms. The second-order valence-corrected chi connectivity index (χ2v) is 15.0. The lowest BCUT2D eigenvalue weighted by Gasteiger charge is -2.36. The lowest BCUT2D eigenvalue weighted by molar-refractivity contribution is -0.143. The molecule has 0 aromatic heterocycles. The summed E-state index contributed by atoms with van der Waals surface area (Å²) in [5.74, 6) is -1.50. The molecule has 5 atom stereocenters. The summed E-state index contributed by atoms with van der Waals surface area (Å²) in [5, 5.41) is 9.21. The van der Waals surface area contributed by atoms with E-state index in [0.717, 1.165) is 56.9 Å². The molecule has 278 valence electrons. The molecule has 5 amide bonds. The van der Waals surface area contributed by atoms with Gasteiger partial charge in [0.2, 0.25) is 23.6 Å². The molecule has 1 aliphatic heterocycles. The van der Waals surface area contributed by atoms with Crippen molar-refractivity contribution in [3.63, 3.8) is 0 Å². The average molecular weight is 699 g/mol. The number of likely N-dealkylation sites (N-methyl/N-ethyl adjacent to an activating group) is 1. The second kappa shape index (κ2) is 18.0. The van der Waals surface area contributed by atoms with E-state index in [1.165, 1.54) is 17.5 Å². The van der Waals surface area contributed by atoms with Gasteiger partial charge in [0.25, 0.3) is 0 Å². The number of hydrogen-bond donors (Lipinski definition) is 4. The highest BCUT2D eigenvalue weighted by Crippen LogP contribution is 2.32. The Labute approximate surface area is 296 Å². The predicted octanol–water partition coefficient (Wildman–Crippen LogP) is 2.95. The summed E-state index contributed by atoms with van der Waals surface area (Å²) in [6.45, 7) is 7.91. The van der Waals surface area contributed by atoms with E-state index in [1.54, 1.807) is 32.6 Å². The Bertz CT molecular complexity index is 1340. The van der Waals surface area contributed by atoms with Crippen molar-refractivity contribution >= 4 is 29.7 Å². The SMILES string of the molecule is C[C@@H](C(=O)N[C@H](C(=O)N1C[C@@H](NC(=O)CCOCCN)C[C@H]1C(=O)N[C@@H]1CCCc2ccccc21)C1CCCCC1)N(C)C(=O)OC(C)(C)C. The molecule has 0 radical (unpaired) electrons. The lowest BCUT2D eigenvalue weighted by Crippen LogP contribution is -2.59. The molecular formula is C37H58N6O7. The minimum atomic E-state index is -0.915. The molecule has 4 rings (SSSR count). The van der Waals surface area contributed by atoms with Gasteiger partial charge < -0.3 is 36.1 Å². The van der Waals surface area contributed by atoms with Crippen molar-refractivity contribution in [1.29, 1.82) is 0 Å². The van der Waals surface area contributed by atoms with Crippen LogP contribution >= 0.6 is 0 Å². The number of rotatable bonds is 13. The molecule has 1 heterocycles. The van der Waals surface area contributed by atoms with Crippen molar-refractivity contribution in [3.8, 4) is 0 Å². The zero-order valence-corrected chi connectivity index (χ0v) is 30.5. The molecule has 0 unspecified atom stereocenters. The van der Waals surface area contributed by atoms with Gasteiger partial charge in [-0.25, -0.2) is 4.79 Å². The van der Waals surface area contributed by atoms with Crippen molar-refractivity contribution in [2.45, 2.75) is 128 Å². The third kappa shape index (κ3) is 10.6. The molecule has 5 N–H and O–H groups in total. The minimum Gasteiger partial charge on any atom is -0.444 e. The molecule has 0 spiro atoms. The largest absolute Gasteiger partial charge is 0.444 e. The number of benzene rings is 1. The quantitative estimate of drug-likeness (QED) is 0.228. The second-order valence-electron chi connectivity index (χ2n) is 15.0. The van der Waals surface area contributed by atoms with Crippen LogP contribution < -0.4 is 21.7 Å². The number of likely N-dealkylation sites (tertiary alicyclic amines) is 1. The molecule has 13 heteroatoms. The van der Waals surface area contributed by atoms with Gasteiger partial charge in [-0.2, -0.15) is 0 Å². The van der Waals surface area contributed by atoms with Crippen LogP contribution in [-0.4, -0.2) is 103 Å². The fraction of sp³-hybridized carbons (Fsp3) is 0.703. The number of fused-ring (bicyclic) bond motifs is 1. The highest BCUT2D eigenvalue weighted by atomic mass is 16.6. The monoisotopic (exact) mass is 698 g/mol. The van der Waals surface area contributed by atoms with Crippen molar-refractivity contribution in [3.05, 3.63) is 35.4 Å². The van der Waals surface area contributed by atoms with Gasteiger partial charge in [0, 0.05) is 32.6 Å². The average Bonchev–Trinajstić information content (AvgIpc) is 3.51.